The first kappa shape index (κ1) is 17.7. The molecule has 2 aliphatic rings. The Morgan fingerprint density at radius 2 is 2.04 bits per heavy atom. The zero-order valence-corrected chi connectivity index (χ0v) is 16.5. The molecule has 1 spiro atoms. The van der Waals surface area contributed by atoms with E-state index in [0.717, 1.165) is 38.0 Å². The molecule has 1 aliphatic carbocycles. The fraction of sp³-hybridized carbons (Fsp3) is 0.524. The molecular weight excluding hydrogens is 342 g/mol. The lowest BCUT2D eigenvalue weighted by Gasteiger charge is -2.34. The first-order chi connectivity index (χ1) is 12.6. The van der Waals surface area contributed by atoms with E-state index < -0.39 is 0 Å². The molecule has 1 aliphatic heterocycles. The molecule has 2 fully saturated rings. The Labute approximate surface area is 159 Å². The maximum Gasteiger partial charge on any atom is 0.226 e. The van der Waals surface area contributed by atoms with Crippen molar-refractivity contribution in [1.82, 2.24) is 14.8 Å². The second-order valence-electron chi connectivity index (χ2n) is 7.97. The second kappa shape index (κ2) is 7.12. The first-order valence-electron chi connectivity index (χ1n) is 9.48. The van der Waals surface area contributed by atoms with Crippen molar-refractivity contribution in [2.24, 2.45) is 5.41 Å². The molecule has 1 unspecified atom stereocenters. The third-order valence-corrected chi connectivity index (χ3v) is 6.90. The van der Waals surface area contributed by atoms with Crippen LogP contribution >= 0.6 is 11.3 Å². The van der Waals surface area contributed by atoms with Gasteiger partial charge in [-0.05, 0) is 44.2 Å². The number of likely N-dealkylation sites (tertiary alicyclic amines) is 1. The summed E-state index contributed by atoms with van der Waals surface area (Å²) in [6.45, 7) is 4.84. The molecule has 0 N–H and O–H groups in total. The molecular formula is C21H27N3OS. The Balaban J connectivity index is 1.27. The number of carbonyl (C=O) groups is 1. The van der Waals surface area contributed by atoms with Crippen LogP contribution in [0, 0.1) is 12.3 Å². The van der Waals surface area contributed by atoms with Crippen molar-refractivity contribution < 1.29 is 4.79 Å². The predicted molar refractivity (Wildman–Crippen MR) is 105 cm³/mol. The van der Waals surface area contributed by atoms with E-state index in [2.05, 4.69) is 53.0 Å². The molecule has 1 aromatic carbocycles. The van der Waals surface area contributed by atoms with Gasteiger partial charge < -0.3 is 4.90 Å². The molecule has 1 saturated carbocycles. The average Bonchev–Trinajstić information content (AvgIpc) is 3.09. The molecule has 1 atom stereocenters. The topological polar surface area (TPSA) is 36.4 Å². The number of hydrogen-bond acceptors (Lipinski definition) is 4. The van der Waals surface area contributed by atoms with Gasteiger partial charge in [-0.15, -0.1) is 11.3 Å². The van der Waals surface area contributed by atoms with Crippen LogP contribution in [0.4, 0.5) is 0 Å². The predicted octanol–water partition coefficient (Wildman–Crippen LogP) is 3.51. The van der Waals surface area contributed by atoms with Crippen LogP contribution in [-0.4, -0.2) is 46.9 Å². The Hall–Kier alpha value is -1.72. The smallest absolute Gasteiger partial charge is 0.226 e. The molecule has 0 bridgehead atoms. The largest absolute Gasteiger partial charge is 0.342 e. The van der Waals surface area contributed by atoms with Crippen molar-refractivity contribution in [1.29, 1.82) is 0 Å². The number of aryl methyl sites for hydroxylation is 1. The van der Waals surface area contributed by atoms with Crippen molar-refractivity contribution in [3.05, 3.63) is 52.0 Å². The van der Waals surface area contributed by atoms with Gasteiger partial charge in [0.25, 0.3) is 0 Å². The minimum absolute atomic E-state index is 0.275. The molecule has 1 amide bonds. The summed E-state index contributed by atoms with van der Waals surface area (Å²) >= 11 is 1.73. The maximum atomic E-state index is 12.6. The normalized spacial score (nSPS) is 21.3. The number of benzene rings is 1. The molecule has 2 aromatic rings. The molecule has 5 heteroatoms. The first-order valence-corrected chi connectivity index (χ1v) is 10.4. The summed E-state index contributed by atoms with van der Waals surface area (Å²) in [4.78, 5) is 21.6. The van der Waals surface area contributed by atoms with Gasteiger partial charge in [-0.2, -0.15) is 0 Å². The molecule has 26 heavy (non-hydrogen) atoms. The Bertz CT molecular complexity index is 748. The summed E-state index contributed by atoms with van der Waals surface area (Å²) < 4.78 is 0. The lowest BCUT2D eigenvalue weighted by atomic mass is 9.92. The summed E-state index contributed by atoms with van der Waals surface area (Å²) in [5.41, 5.74) is 2.79. The van der Waals surface area contributed by atoms with Gasteiger partial charge in [-0.1, -0.05) is 29.8 Å². The summed E-state index contributed by atoms with van der Waals surface area (Å²) in [7, 11) is 2.22. The van der Waals surface area contributed by atoms with E-state index in [-0.39, 0.29) is 5.91 Å². The van der Waals surface area contributed by atoms with E-state index in [1.807, 2.05) is 11.6 Å². The molecule has 0 radical (unpaired) electrons. The highest BCUT2D eigenvalue weighted by molar-refractivity contribution is 7.09. The van der Waals surface area contributed by atoms with Crippen LogP contribution < -0.4 is 0 Å². The quantitative estimate of drug-likeness (QED) is 0.809. The number of rotatable bonds is 5. The average molecular weight is 370 g/mol. The molecule has 1 aromatic heterocycles. The number of thiazole rings is 1. The fourth-order valence-corrected chi connectivity index (χ4v) is 5.01. The van der Waals surface area contributed by atoms with Crippen LogP contribution in [0.2, 0.25) is 0 Å². The summed E-state index contributed by atoms with van der Waals surface area (Å²) in [5.74, 6) is 0.275. The molecule has 2 heterocycles. The summed E-state index contributed by atoms with van der Waals surface area (Å²) in [5, 5.41) is 3.24. The van der Waals surface area contributed by atoms with Gasteiger partial charge in [0.15, 0.2) is 0 Å². The van der Waals surface area contributed by atoms with Gasteiger partial charge >= 0.3 is 0 Å². The minimum Gasteiger partial charge on any atom is -0.342 e. The highest BCUT2D eigenvalue weighted by Crippen LogP contribution is 2.56. The van der Waals surface area contributed by atoms with Gasteiger partial charge in [0.2, 0.25) is 5.91 Å². The van der Waals surface area contributed by atoms with E-state index in [9.17, 15) is 4.79 Å². The summed E-state index contributed by atoms with van der Waals surface area (Å²) in [6, 6.07) is 8.97. The van der Waals surface area contributed by atoms with Crippen LogP contribution in [0.5, 0.6) is 0 Å². The van der Waals surface area contributed by atoms with Crippen molar-refractivity contribution in [3.8, 4) is 0 Å². The zero-order chi connectivity index (χ0) is 18.1. The molecule has 1 saturated heterocycles. The maximum absolute atomic E-state index is 12.6. The lowest BCUT2D eigenvalue weighted by Crippen LogP contribution is -2.41. The standard InChI is InChI=1S/C21H27N3OS/c1-16-3-5-17(6-4-16)13-20(25)24-10-7-21(8-11-24)14-18(21)23(2)15-19-22-9-12-26-19/h3-6,9,12,18H,7-8,10-11,13-15H2,1-2H3. The van der Waals surface area contributed by atoms with E-state index in [1.165, 1.54) is 17.0 Å². The highest BCUT2D eigenvalue weighted by Gasteiger charge is 2.56. The number of amides is 1. The number of aromatic nitrogens is 1. The number of hydrogen-bond donors (Lipinski definition) is 0. The fourth-order valence-electron chi connectivity index (χ4n) is 4.34. The number of piperidine rings is 1. The number of carbonyl (C=O) groups excluding carboxylic acids is 1. The van der Waals surface area contributed by atoms with Crippen molar-refractivity contribution in [2.75, 3.05) is 20.1 Å². The van der Waals surface area contributed by atoms with Crippen molar-refractivity contribution in [3.63, 3.8) is 0 Å². The highest BCUT2D eigenvalue weighted by atomic mass is 32.1. The van der Waals surface area contributed by atoms with E-state index in [0.29, 0.717) is 17.9 Å². The van der Waals surface area contributed by atoms with Crippen LogP contribution in [-0.2, 0) is 17.8 Å². The van der Waals surface area contributed by atoms with E-state index in [1.54, 1.807) is 11.3 Å². The molecule has 4 rings (SSSR count). The van der Waals surface area contributed by atoms with Gasteiger partial charge in [0.05, 0.1) is 13.0 Å². The van der Waals surface area contributed by atoms with Gasteiger partial charge in [0.1, 0.15) is 5.01 Å². The van der Waals surface area contributed by atoms with Crippen molar-refractivity contribution >= 4 is 17.2 Å². The second-order valence-corrected chi connectivity index (χ2v) is 8.95. The number of nitrogens with zero attached hydrogens (tertiary/aromatic N) is 3. The third kappa shape index (κ3) is 3.69. The summed E-state index contributed by atoms with van der Waals surface area (Å²) in [6.07, 6.45) is 5.96. The SMILES string of the molecule is Cc1ccc(CC(=O)N2CCC3(CC2)CC3N(C)Cc2nccs2)cc1. The van der Waals surface area contributed by atoms with Crippen LogP contribution in [0.15, 0.2) is 35.8 Å². The van der Waals surface area contributed by atoms with Gasteiger partial charge in [-0.25, -0.2) is 4.98 Å². The van der Waals surface area contributed by atoms with Gasteiger partial charge in [0, 0.05) is 30.7 Å². The van der Waals surface area contributed by atoms with E-state index in [4.69, 9.17) is 0 Å². The van der Waals surface area contributed by atoms with Crippen molar-refractivity contribution in [2.45, 2.75) is 45.2 Å². The molecule has 4 nitrogen and oxygen atoms in total. The lowest BCUT2D eigenvalue weighted by molar-refractivity contribution is -0.132. The van der Waals surface area contributed by atoms with Crippen LogP contribution in [0.25, 0.3) is 0 Å². The third-order valence-electron chi connectivity index (χ3n) is 6.13. The molecule has 138 valence electrons. The monoisotopic (exact) mass is 369 g/mol. The minimum atomic E-state index is 0.275. The van der Waals surface area contributed by atoms with Gasteiger partial charge in [-0.3, -0.25) is 9.69 Å². The zero-order valence-electron chi connectivity index (χ0n) is 15.6. The Morgan fingerprint density at radius 1 is 1.31 bits per heavy atom. The Morgan fingerprint density at radius 3 is 2.69 bits per heavy atom. The van der Waals surface area contributed by atoms with Crippen LogP contribution in [0.3, 0.4) is 0 Å². The Kier molecular flexibility index (Phi) is 4.84. The van der Waals surface area contributed by atoms with E-state index >= 15 is 0 Å². The van der Waals surface area contributed by atoms with Crippen LogP contribution in [0.1, 0.15) is 35.4 Å².